The van der Waals surface area contributed by atoms with E-state index in [2.05, 4.69) is 15.6 Å². The number of imide groups is 1. The van der Waals surface area contributed by atoms with Crippen molar-refractivity contribution in [1.29, 1.82) is 0 Å². The Morgan fingerprint density at radius 2 is 2.29 bits per heavy atom. The molecule has 24 heavy (non-hydrogen) atoms. The number of nitrogens with zero attached hydrogens (tertiary/aromatic N) is 2. The molecule has 1 aliphatic carbocycles. The fourth-order valence-electron chi connectivity index (χ4n) is 3.45. The summed E-state index contributed by atoms with van der Waals surface area (Å²) in [6.07, 6.45) is 4.79. The van der Waals surface area contributed by atoms with Crippen LogP contribution in [0.1, 0.15) is 32.6 Å². The first kappa shape index (κ1) is 16.2. The third-order valence-corrected chi connectivity index (χ3v) is 4.85. The van der Waals surface area contributed by atoms with Crippen molar-refractivity contribution in [2.75, 3.05) is 11.9 Å². The molecule has 3 N–H and O–H groups in total. The van der Waals surface area contributed by atoms with Crippen molar-refractivity contribution >= 4 is 23.7 Å². The molecule has 2 fully saturated rings. The van der Waals surface area contributed by atoms with Gasteiger partial charge in [-0.05, 0) is 30.9 Å². The molecule has 1 saturated carbocycles. The van der Waals surface area contributed by atoms with Gasteiger partial charge in [-0.2, -0.15) is 0 Å². The first-order chi connectivity index (χ1) is 11.4. The lowest BCUT2D eigenvalue weighted by Gasteiger charge is -2.36. The summed E-state index contributed by atoms with van der Waals surface area (Å²) in [6.45, 7) is 1.54. The van der Waals surface area contributed by atoms with Crippen LogP contribution < -0.4 is 10.6 Å². The van der Waals surface area contributed by atoms with E-state index in [0.717, 1.165) is 24.2 Å². The number of hydrogen-bond acceptors (Lipinski definition) is 5. The van der Waals surface area contributed by atoms with Crippen LogP contribution in [0.4, 0.5) is 10.6 Å². The molecule has 0 radical (unpaired) electrons. The Morgan fingerprint density at radius 3 is 3.00 bits per heavy atom. The van der Waals surface area contributed by atoms with E-state index in [-0.39, 0.29) is 23.4 Å². The van der Waals surface area contributed by atoms with Crippen molar-refractivity contribution in [3.8, 4) is 5.75 Å². The van der Waals surface area contributed by atoms with Gasteiger partial charge < -0.3 is 15.7 Å². The summed E-state index contributed by atoms with van der Waals surface area (Å²) in [4.78, 5) is 41.9. The maximum Gasteiger partial charge on any atom is 0.325 e. The van der Waals surface area contributed by atoms with Crippen molar-refractivity contribution in [3.05, 3.63) is 18.3 Å². The van der Waals surface area contributed by atoms with Gasteiger partial charge in [-0.3, -0.25) is 14.5 Å². The van der Waals surface area contributed by atoms with Crippen molar-refractivity contribution in [1.82, 2.24) is 15.2 Å². The highest BCUT2D eigenvalue weighted by atomic mass is 16.3. The molecular formula is C16H20N4O4. The average Bonchev–Trinajstić information content (AvgIpc) is 2.78. The molecule has 1 saturated heterocycles. The molecule has 8 heteroatoms. The Balaban J connectivity index is 1.71. The molecule has 0 aromatic carbocycles. The van der Waals surface area contributed by atoms with Crippen molar-refractivity contribution in [2.24, 2.45) is 5.92 Å². The number of nitrogens with one attached hydrogen (secondary N) is 2. The number of urea groups is 1. The number of pyridine rings is 1. The number of hydrogen-bond donors (Lipinski definition) is 3. The molecule has 2 atom stereocenters. The lowest BCUT2D eigenvalue weighted by molar-refractivity contribution is -0.136. The third kappa shape index (κ3) is 2.68. The topological polar surface area (TPSA) is 112 Å². The number of aromatic hydroxyl groups is 1. The maximum atomic E-state index is 12.8. The van der Waals surface area contributed by atoms with Crippen LogP contribution in [0.15, 0.2) is 18.3 Å². The predicted molar refractivity (Wildman–Crippen MR) is 85.1 cm³/mol. The van der Waals surface area contributed by atoms with Gasteiger partial charge in [0, 0.05) is 6.20 Å². The summed E-state index contributed by atoms with van der Waals surface area (Å²) in [7, 11) is 0. The Labute approximate surface area is 139 Å². The van der Waals surface area contributed by atoms with Crippen molar-refractivity contribution in [3.63, 3.8) is 0 Å². The third-order valence-electron chi connectivity index (χ3n) is 4.85. The molecule has 1 aromatic rings. The van der Waals surface area contributed by atoms with E-state index in [4.69, 9.17) is 0 Å². The fourth-order valence-corrected chi connectivity index (χ4v) is 3.45. The molecule has 128 valence electrons. The van der Waals surface area contributed by atoms with Crippen molar-refractivity contribution in [2.45, 2.75) is 38.1 Å². The molecule has 1 spiro atoms. The van der Waals surface area contributed by atoms with Crippen LogP contribution in [0.25, 0.3) is 0 Å². The normalized spacial score (nSPS) is 26.5. The smallest absolute Gasteiger partial charge is 0.325 e. The SMILES string of the molecule is CC1CCCCC12NC(=O)N(CC(=O)Nc1ncccc1O)C2=O. The molecule has 2 unspecified atom stereocenters. The van der Waals surface area contributed by atoms with E-state index in [1.807, 2.05) is 6.92 Å². The van der Waals surface area contributed by atoms with Crippen LogP contribution in [0.5, 0.6) is 5.75 Å². The number of aromatic nitrogens is 1. The van der Waals surface area contributed by atoms with E-state index < -0.39 is 24.0 Å². The van der Waals surface area contributed by atoms with Gasteiger partial charge >= 0.3 is 6.03 Å². The summed E-state index contributed by atoms with van der Waals surface area (Å²) in [5.41, 5.74) is -0.886. The van der Waals surface area contributed by atoms with E-state index in [1.165, 1.54) is 18.3 Å². The number of amides is 4. The molecule has 3 rings (SSSR count). The minimum atomic E-state index is -0.886. The predicted octanol–water partition coefficient (Wildman–Crippen LogP) is 1.23. The zero-order valence-electron chi connectivity index (χ0n) is 13.4. The standard InChI is InChI=1S/C16H20N4O4/c1-10-5-2-3-7-16(10)14(23)20(15(24)19-16)9-12(22)18-13-11(21)6-4-8-17-13/h4,6,8,10,21H,2-3,5,7,9H2,1H3,(H,19,24)(H,17,18,22). The molecule has 8 nitrogen and oxygen atoms in total. The van der Waals surface area contributed by atoms with Gasteiger partial charge in [0.15, 0.2) is 11.6 Å². The van der Waals surface area contributed by atoms with E-state index in [0.29, 0.717) is 6.42 Å². The number of carbonyl (C=O) groups is 3. The first-order valence-electron chi connectivity index (χ1n) is 8.02. The largest absolute Gasteiger partial charge is 0.504 e. The average molecular weight is 332 g/mol. The van der Waals surface area contributed by atoms with Gasteiger partial charge in [0.1, 0.15) is 12.1 Å². The Hall–Kier alpha value is -2.64. The van der Waals surface area contributed by atoms with Gasteiger partial charge in [0.05, 0.1) is 0 Å². The molecule has 2 heterocycles. The minimum Gasteiger partial charge on any atom is -0.504 e. The highest BCUT2D eigenvalue weighted by Gasteiger charge is 2.55. The summed E-state index contributed by atoms with van der Waals surface area (Å²) < 4.78 is 0. The zero-order valence-corrected chi connectivity index (χ0v) is 13.4. The Morgan fingerprint density at radius 1 is 1.50 bits per heavy atom. The number of anilines is 1. The van der Waals surface area contributed by atoms with Gasteiger partial charge in [0.2, 0.25) is 5.91 Å². The fraction of sp³-hybridized carbons (Fsp3) is 0.500. The second-order valence-electron chi connectivity index (χ2n) is 6.36. The second-order valence-corrected chi connectivity index (χ2v) is 6.36. The molecule has 1 aliphatic heterocycles. The van der Waals surface area contributed by atoms with Crippen LogP contribution >= 0.6 is 0 Å². The number of carbonyl (C=O) groups excluding carboxylic acids is 3. The second kappa shape index (κ2) is 6.10. The monoisotopic (exact) mass is 332 g/mol. The van der Waals surface area contributed by atoms with Gasteiger partial charge in [-0.1, -0.05) is 19.8 Å². The van der Waals surface area contributed by atoms with Crippen LogP contribution in [0, 0.1) is 5.92 Å². The summed E-state index contributed by atoms with van der Waals surface area (Å²) in [6, 6.07) is 2.36. The summed E-state index contributed by atoms with van der Waals surface area (Å²) >= 11 is 0. The quantitative estimate of drug-likeness (QED) is 0.721. The van der Waals surface area contributed by atoms with Crippen molar-refractivity contribution < 1.29 is 19.5 Å². The lowest BCUT2D eigenvalue weighted by Crippen LogP contribution is -2.54. The molecule has 1 aromatic heterocycles. The van der Waals surface area contributed by atoms with E-state index >= 15 is 0 Å². The van der Waals surface area contributed by atoms with Crippen LogP contribution in [0.2, 0.25) is 0 Å². The summed E-state index contributed by atoms with van der Waals surface area (Å²) in [5.74, 6) is -1.08. The van der Waals surface area contributed by atoms with E-state index in [1.54, 1.807) is 0 Å². The minimum absolute atomic E-state index is 0.00435. The van der Waals surface area contributed by atoms with Gasteiger partial charge in [-0.25, -0.2) is 9.78 Å². The number of rotatable bonds is 3. The molecule has 2 aliphatic rings. The summed E-state index contributed by atoms with van der Waals surface area (Å²) in [5, 5.41) is 14.8. The van der Waals surface area contributed by atoms with Gasteiger partial charge in [-0.15, -0.1) is 0 Å². The molecular weight excluding hydrogens is 312 g/mol. The molecule has 4 amide bonds. The maximum absolute atomic E-state index is 12.8. The highest BCUT2D eigenvalue weighted by molar-refractivity contribution is 6.10. The van der Waals surface area contributed by atoms with Crippen LogP contribution in [0.3, 0.4) is 0 Å². The van der Waals surface area contributed by atoms with E-state index in [9.17, 15) is 19.5 Å². The van der Waals surface area contributed by atoms with Crippen LogP contribution in [-0.2, 0) is 9.59 Å². The van der Waals surface area contributed by atoms with Gasteiger partial charge in [0.25, 0.3) is 5.91 Å². The molecule has 0 bridgehead atoms. The highest BCUT2D eigenvalue weighted by Crippen LogP contribution is 2.38. The first-order valence-corrected chi connectivity index (χ1v) is 8.02. The lowest BCUT2D eigenvalue weighted by atomic mass is 9.73. The zero-order chi connectivity index (χ0) is 17.3. The van der Waals surface area contributed by atoms with Crippen LogP contribution in [-0.4, -0.2) is 44.9 Å². The Kier molecular flexibility index (Phi) is 4.13. The Bertz CT molecular complexity index is 692.